The van der Waals surface area contributed by atoms with Crippen molar-refractivity contribution >= 4 is 61.3 Å². The average molecular weight is 537 g/mol. The summed E-state index contributed by atoms with van der Waals surface area (Å²) in [6, 6.07) is 4.96. The number of hydrogen-bond acceptors (Lipinski definition) is 5. The van der Waals surface area contributed by atoms with Crippen molar-refractivity contribution < 1.29 is 23.5 Å². The summed E-state index contributed by atoms with van der Waals surface area (Å²) in [4.78, 5) is 26.7. The fourth-order valence-corrected chi connectivity index (χ4v) is 4.24. The van der Waals surface area contributed by atoms with Gasteiger partial charge >= 0.3 is 12.1 Å². The zero-order chi connectivity index (χ0) is 25.2. The minimum absolute atomic E-state index is 0.00159. The molecular weight excluding hydrogens is 505 g/mol. The number of fused-ring (bicyclic) bond motifs is 1. The summed E-state index contributed by atoms with van der Waals surface area (Å²) in [7, 11) is -2.13. The largest absolute Gasteiger partial charge is 0.543 e. The van der Waals surface area contributed by atoms with E-state index in [0.717, 1.165) is 11.1 Å². The molecule has 1 amide bonds. The van der Waals surface area contributed by atoms with Crippen LogP contribution in [0.25, 0.3) is 6.08 Å². The third-order valence-electron chi connectivity index (χ3n) is 5.67. The summed E-state index contributed by atoms with van der Waals surface area (Å²) in [5.74, 6) is 0.276. The van der Waals surface area contributed by atoms with E-state index < -0.39 is 36.8 Å². The van der Waals surface area contributed by atoms with Crippen molar-refractivity contribution in [3.63, 3.8) is 0 Å². The molecule has 1 heterocycles. The third kappa shape index (κ3) is 7.54. The summed E-state index contributed by atoms with van der Waals surface area (Å²) < 4.78 is 15.3. The maximum atomic E-state index is 12.8. The zero-order valence-corrected chi connectivity index (χ0v) is 23.3. The van der Waals surface area contributed by atoms with Crippen LogP contribution in [0.1, 0.15) is 58.2 Å². The van der Waals surface area contributed by atoms with Crippen LogP contribution in [0.5, 0.6) is 5.75 Å². The van der Waals surface area contributed by atoms with Gasteiger partial charge in [-0.1, -0.05) is 67.7 Å². The van der Waals surface area contributed by atoms with Crippen LogP contribution in [-0.4, -0.2) is 41.8 Å². The van der Waals surface area contributed by atoms with Crippen LogP contribution in [0.2, 0.25) is 18.1 Å². The van der Waals surface area contributed by atoms with Gasteiger partial charge in [-0.2, -0.15) is 0 Å². The second-order valence-electron chi connectivity index (χ2n) is 9.77. The van der Waals surface area contributed by atoms with E-state index >= 15 is 0 Å². The van der Waals surface area contributed by atoms with Crippen molar-refractivity contribution in [1.29, 1.82) is 0 Å². The third-order valence-corrected chi connectivity index (χ3v) is 10.3. The Labute approximate surface area is 212 Å². The van der Waals surface area contributed by atoms with Gasteiger partial charge in [0, 0.05) is 11.8 Å². The molecule has 0 saturated heterocycles. The van der Waals surface area contributed by atoms with Crippen LogP contribution in [0.4, 0.5) is 4.79 Å². The van der Waals surface area contributed by atoms with Crippen molar-refractivity contribution in [2.75, 3.05) is 6.61 Å². The molecule has 1 aromatic rings. The molecule has 1 aromatic carbocycles. The number of alkyl halides is 3. The number of rotatable bonds is 6. The number of halogens is 3. The lowest BCUT2D eigenvalue weighted by Gasteiger charge is -2.38. The Hall–Kier alpha value is -1.41. The standard InChI is InChI=1S/C23H32Cl3NO5Si/c1-15(2)31-20(28)13-18-16-9-8-10-19(32-33(6,7)22(3,4)5)17(16)11-12-27(18)21(29)30-14-23(24,25)26/h8-12,15,18H,13-14H2,1-7H3/t18-/m1/s1. The monoisotopic (exact) mass is 535 g/mol. The smallest absolute Gasteiger partial charge is 0.414 e. The highest BCUT2D eigenvalue weighted by Gasteiger charge is 2.40. The van der Waals surface area contributed by atoms with Crippen LogP contribution in [0, 0.1) is 0 Å². The first-order valence-corrected chi connectivity index (χ1v) is 14.8. The van der Waals surface area contributed by atoms with Gasteiger partial charge in [-0.25, -0.2) is 4.79 Å². The van der Waals surface area contributed by atoms with Gasteiger partial charge in [-0.05, 0) is 49.7 Å². The molecule has 6 nitrogen and oxygen atoms in total. The van der Waals surface area contributed by atoms with Crippen LogP contribution >= 0.6 is 34.8 Å². The highest BCUT2D eigenvalue weighted by molar-refractivity contribution is 6.74. The first-order valence-electron chi connectivity index (χ1n) is 10.7. The molecule has 184 valence electrons. The number of amides is 1. The molecule has 0 aliphatic carbocycles. The predicted octanol–water partition coefficient (Wildman–Crippen LogP) is 7.25. The van der Waals surface area contributed by atoms with Gasteiger partial charge in [-0.3, -0.25) is 9.69 Å². The van der Waals surface area contributed by atoms with E-state index in [4.69, 9.17) is 48.7 Å². The first-order chi connectivity index (χ1) is 15.0. The lowest BCUT2D eigenvalue weighted by molar-refractivity contribution is -0.148. The van der Waals surface area contributed by atoms with Crippen molar-refractivity contribution in [3.8, 4) is 5.75 Å². The Kier molecular flexibility index (Phi) is 8.82. The molecule has 0 radical (unpaired) electrons. The van der Waals surface area contributed by atoms with E-state index in [1.54, 1.807) is 26.1 Å². The first kappa shape index (κ1) is 27.8. The van der Waals surface area contributed by atoms with Gasteiger partial charge in [0.15, 0.2) is 0 Å². The lowest BCUT2D eigenvalue weighted by Crippen LogP contribution is -2.44. The van der Waals surface area contributed by atoms with Crippen LogP contribution in [0.3, 0.4) is 0 Å². The molecule has 33 heavy (non-hydrogen) atoms. The average Bonchev–Trinajstić information content (AvgIpc) is 2.64. The van der Waals surface area contributed by atoms with E-state index in [0.29, 0.717) is 5.75 Å². The van der Waals surface area contributed by atoms with Crippen molar-refractivity contribution in [1.82, 2.24) is 4.90 Å². The minimum Gasteiger partial charge on any atom is -0.543 e. The molecule has 0 saturated carbocycles. The van der Waals surface area contributed by atoms with Crippen LogP contribution in [0.15, 0.2) is 24.4 Å². The topological polar surface area (TPSA) is 65.1 Å². The number of ether oxygens (including phenoxy) is 2. The quantitative estimate of drug-likeness (QED) is 0.218. The highest BCUT2D eigenvalue weighted by atomic mass is 35.6. The summed E-state index contributed by atoms with van der Waals surface area (Å²) in [5, 5.41) is 0.00159. The van der Waals surface area contributed by atoms with Crippen LogP contribution < -0.4 is 4.43 Å². The van der Waals surface area contributed by atoms with Crippen molar-refractivity contribution in [2.45, 2.75) is 75.1 Å². The number of benzene rings is 1. The molecular formula is C23H32Cl3NO5Si. The molecule has 0 unspecified atom stereocenters. The number of esters is 1. The van der Waals surface area contributed by atoms with Crippen molar-refractivity contribution in [2.24, 2.45) is 0 Å². The maximum absolute atomic E-state index is 12.8. The molecule has 1 aliphatic rings. The van der Waals surface area contributed by atoms with Crippen LogP contribution in [-0.2, 0) is 14.3 Å². The Balaban J connectivity index is 2.44. The molecule has 0 fully saturated rings. The summed E-state index contributed by atoms with van der Waals surface area (Å²) in [6.07, 6.45) is 2.26. The number of nitrogens with zero attached hydrogens (tertiary/aromatic N) is 1. The maximum Gasteiger partial charge on any atom is 0.414 e. The molecule has 0 aromatic heterocycles. The van der Waals surface area contributed by atoms with E-state index in [-0.39, 0.29) is 17.6 Å². The van der Waals surface area contributed by atoms with Gasteiger partial charge in [0.05, 0.1) is 18.6 Å². The Bertz CT molecular complexity index is 906. The van der Waals surface area contributed by atoms with E-state index in [9.17, 15) is 9.59 Å². The summed E-state index contributed by atoms with van der Waals surface area (Å²) >= 11 is 17.2. The second kappa shape index (κ2) is 10.5. The Morgan fingerprint density at radius 1 is 1.15 bits per heavy atom. The fourth-order valence-electron chi connectivity index (χ4n) is 3.04. The fraction of sp³-hybridized carbons (Fsp3) is 0.565. The van der Waals surface area contributed by atoms with E-state index in [1.807, 2.05) is 18.2 Å². The second-order valence-corrected chi connectivity index (χ2v) is 17.0. The molecule has 1 aliphatic heterocycles. The molecule has 0 spiro atoms. The van der Waals surface area contributed by atoms with Gasteiger partial charge < -0.3 is 13.9 Å². The minimum atomic E-state index is -2.13. The predicted molar refractivity (Wildman–Crippen MR) is 135 cm³/mol. The van der Waals surface area contributed by atoms with E-state index in [2.05, 4.69) is 33.9 Å². The summed E-state index contributed by atoms with van der Waals surface area (Å²) in [5.41, 5.74) is 1.57. The van der Waals surface area contributed by atoms with E-state index in [1.165, 1.54) is 4.90 Å². The van der Waals surface area contributed by atoms with Gasteiger partial charge in [0.25, 0.3) is 8.32 Å². The lowest BCUT2D eigenvalue weighted by atomic mass is 9.93. The normalized spacial score (nSPS) is 16.5. The Morgan fingerprint density at radius 2 is 1.79 bits per heavy atom. The molecule has 0 bridgehead atoms. The number of carbonyl (C=O) groups excluding carboxylic acids is 2. The zero-order valence-electron chi connectivity index (χ0n) is 20.1. The Morgan fingerprint density at radius 3 is 2.33 bits per heavy atom. The van der Waals surface area contributed by atoms with Gasteiger partial charge in [0.1, 0.15) is 12.4 Å². The molecule has 10 heteroatoms. The highest BCUT2D eigenvalue weighted by Crippen LogP contribution is 2.42. The summed E-state index contributed by atoms with van der Waals surface area (Å²) in [6.45, 7) is 13.9. The SMILES string of the molecule is CC(C)OC(=O)C[C@@H]1c2cccc(O[Si](C)(C)C(C)(C)C)c2C=CN1C(=O)OCC(Cl)(Cl)Cl. The van der Waals surface area contributed by atoms with Crippen molar-refractivity contribution in [3.05, 3.63) is 35.5 Å². The van der Waals surface area contributed by atoms with Gasteiger partial charge in [-0.15, -0.1) is 0 Å². The number of carbonyl (C=O) groups is 2. The molecule has 1 atom stereocenters. The number of hydrogen-bond donors (Lipinski definition) is 0. The molecule has 0 N–H and O–H groups in total. The van der Waals surface area contributed by atoms with Gasteiger partial charge in [0.2, 0.25) is 3.79 Å². The molecule has 2 rings (SSSR count).